The van der Waals surface area contributed by atoms with Crippen LogP contribution in [-0.2, 0) is 10.3 Å². The summed E-state index contributed by atoms with van der Waals surface area (Å²) in [5.74, 6) is 1.15. The van der Waals surface area contributed by atoms with Crippen LogP contribution >= 0.6 is 0 Å². The van der Waals surface area contributed by atoms with Crippen LogP contribution in [0, 0.1) is 0 Å². The zero-order valence-electron chi connectivity index (χ0n) is 15.4. The van der Waals surface area contributed by atoms with Crippen molar-refractivity contribution < 1.29 is 27.4 Å². The highest BCUT2D eigenvalue weighted by molar-refractivity contribution is 5.70. The van der Waals surface area contributed by atoms with E-state index in [-0.39, 0.29) is 12.4 Å². The van der Waals surface area contributed by atoms with Gasteiger partial charge in [-0.3, -0.25) is 0 Å². The molecule has 0 fully saturated rings. The van der Waals surface area contributed by atoms with Gasteiger partial charge >= 0.3 is 6.18 Å². The Morgan fingerprint density at radius 3 is 2.40 bits per heavy atom. The number of hydrogen-bond donors (Lipinski definition) is 0. The highest BCUT2D eigenvalue weighted by Gasteiger charge is 2.45. The average Bonchev–Trinajstić information content (AvgIpc) is 3.23. The van der Waals surface area contributed by atoms with Gasteiger partial charge in [0.15, 0.2) is 18.5 Å². The molecule has 0 saturated carbocycles. The van der Waals surface area contributed by atoms with Gasteiger partial charge in [0.1, 0.15) is 30.2 Å². The zero-order chi connectivity index (χ0) is 20.8. The Hall–Kier alpha value is -3.62. The van der Waals surface area contributed by atoms with Crippen LogP contribution in [0.2, 0.25) is 0 Å². The summed E-state index contributed by atoms with van der Waals surface area (Å²) in [5, 5.41) is 0. The molecule has 0 unspecified atom stereocenters. The van der Waals surface area contributed by atoms with Gasteiger partial charge < -0.3 is 14.2 Å². The van der Waals surface area contributed by atoms with Gasteiger partial charge in [-0.15, -0.1) is 0 Å². The van der Waals surface area contributed by atoms with Crippen LogP contribution in [0.1, 0.15) is 11.1 Å². The summed E-state index contributed by atoms with van der Waals surface area (Å²) < 4.78 is 54.1. The lowest BCUT2D eigenvalue weighted by molar-refractivity contribution is -0.153. The number of alkyl halides is 3. The maximum absolute atomic E-state index is 12.6. The van der Waals surface area contributed by atoms with Crippen molar-refractivity contribution in [1.29, 1.82) is 0 Å². The van der Waals surface area contributed by atoms with E-state index in [9.17, 15) is 13.2 Å². The fraction of sp³-hybridized carbons (Fsp3) is 0.190. The zero-order valence-corrected chi connectivity index (χ0v) is 15.4. The van der Waals surface area contributed by atoms with E-state index in [0.717, 1.165) is 16.7 Å². The van der Waals surface area contributed by atoms with Gasteiger partial charge in [0.25, 0.3) is 0 Å². The summed E-state index contributed by atoms with van der Waals surface area (Å²) in [7, 11) is 0. The normalized spacial score (nSPS) is 19.0. The molecule has 6 nitrogen and oxygen atoms in total. The number of nitrogens with zero attached hydrogens (tertiary/aromatic N) is 3. The average molecular weight is 413 g/mol. The summed E-state index contributed by atoms with van der Waals surface area (Å²) in [6.45, 7) is -1.19. The van der Waals surface area contributed by atoms with E-state index in [1.807, 2.05) is 18.2 Å². The number of rotatable bonds is 3. The van der Waals surface area contributed by atoms with Crippen LogP contribution in [0.15, 0.2) is 60.1 Å². The first kappa shape index (κ1) is 18.4. The summed E-state index contributed by atoms with van der Waals surface area (Å²) in [6, 6.07) is 10.2. The third-order valence-electron chi connectivity index (χ3n) is 4.98. The second-order valence-corrected chi connectivity index (χ2v) is 6.91. The van der Waals surface area contributed by atoms with Crippen molar-refractivity contribution in [2.75, 3.05) is 13.2 Å². The highest BCUT2D eigenvalue weighted by atomic mass is 19.4. The van der Waals surface area contributed by atoms with E-state index >= 15 is 0 Å². The van der Waals surface area contributed by atoms with Crippen LogP contribution < -0.4 is 9.47 Å². The molecule has 0 N–H and O–H groups in total. The second kappa shape index (κ2) is 6.72. The van der Waals surface area contributed by atoms with Gasteiger partial charge in [0.05, 0.1) is 0 Å². The SMILES string of the molecule is FC(F)(F)COc1ccc2c(c1)[C@]1(COC=N1)c1cc(-c3cncnc3)ccc1O2. The maximum Gasteiger partial charge on any atom is 0.422 e. The molecule has 2 aliphatic rings. The predicted molar refractivity (Wildman–Crippen MR) is 101 cm³/mol. The predicted octanol–water partition coefficient (Wildman–Crippen LogP) is 4.49. The minimum Gasteiger partial charge on any atom is -0.484 e. The van der Waals surface area contributed by atoms with E-state index in [4.69, 9.17) is 14.2 Å². The van der Waals surface area contributed by atoms with Gasteiger partial charge in [0, 0.05) is 29.1 Å². The molecule has 0 amide bonds. The smallest absolute Gasteiger partial charge is 0.422 e. The van der Waals surface area contributed by atoms with Crippen LogP contribution in [-0.4, -0.2) is 35.8 Å². The van der Waals surface area contributed by atoms with E-state index in [2.05, 4.69) is 15.0 Å². The van der Waals surface area contributed by atoms with Crippen molar-refractivity contribution in [2.24, 2.45) is 4.99 Å². The molecule has 0 aliphatic carbocycles. The lowest BCUT2D eigenvalue weighted by atomic mass is 9.80. The van der Waals surface area contributed by atoms with Crippen LogP contribution in [0.5, 0.6) is 17.2 Å². The third-order valence-corrected chi connectivity index (χ3v) is 4.98. The molecule has 1 atom stereocenters. The summed E-state index contributed by atoms with van der Waals surface area (Å²) in [6.07, 6.45) is 1.74. The first-order valence-corrected chi connectivity index (χ1v) is 9.02. The summed E-state index contributed by atoms with van der Waals surface area (Å²) in [5.41, 5.74) is 2.02. The number of hydrogen-bond acceptors (Lipinski definition) is 6. The van der Waals surface area contributed by atoms with E-state index in [0.29, 0.717) is 17.1 Å². The molecule has 3 heterocycles. The molecule has 5 rings (SSSR count). The maximum atomic E-state index is 12.6. The standard InChI is InChI=1S/C21H14F3N3O3/c22-21(23,24)10-29-15-2-4-19-17(6-15)20(9-28-12-27-20)16-5-13(1-3-18(16)30-19)14-7-25-11-26-8-14/h1-8,11-12H,9-10H2/t20-/m0/s1. The molecule has 0 radical (unpaired) electrons. The van der Waals surface area contributed by atoms with Crippen LogP contribution in [0.4, 0.5) is 13.2 Å². The number of ether oxygens (including phenoxy) is 3. The molecule has 30 heavy (non-hydrogen) atoms. The van der Waals surface area contributed by atoms with Crippen molar-refractivity contribution in [1.82, 2.24) is 9.97 Å². The lowest BCUT2D eigenvalue weighted by Crippen LogP contribution is -2.31. The molecule has 2 aliphatic heterocycles. The molecule has 3 aromatic rings. The molecule has 2 aromatic carbocycles. The van der Waals surface area contributed by atoms with Crippen LogP contribution in [0.25, 0.3) is 11.1 Å². The van der Waals surface area contributed by atoms with E-state index < -0.39 is 18.3 Å². The van der Waals surface area contributed by atoms with Crippen molar-refractivity contribution in [3.8, 4) is 28.4 Å². The van der Waals surface area contributed by atoms with E-state index in [1.165, 1.54) is 24.9 Å². The van der Waals surface area contributed by atoms with Gasteiger partial charge in [0.2, 0.25) is 0 Å². The molecule has 152 valence electrons. The molecule has 0 bridgehead atoms. The van der Waals surface area contributed by atoms with Crippen molar-refractivity contribution in [2.45, 2.75) is 11.7 Å². The molecular weight excluding hydrogens is 399 g/mol. The minimum absolute atomic E-state index is 0.0761. The molecule has 1 aromatic heterocycles. The van der Waals surface area contributed by atoms with Gasteiger partial charge in [-0.05, 0) is 35.9 Å². The fourth-order valence-electron chi connectivity index (χ4n) is 3.63. The Morgan fingerprint density at radius 1 is 0.967 bits per heavy atom. The largest absolute Gasteiger partial charge is 0.484 e. The topological polar surface area (TPSA) is 65.8 Å². The monoisotopic (exact) mass is 413 g/mol. The number of aromatic nitrogens is 2. The lowest BCUT2D eigenvalue weighted by Gasteiger charge is -2.34. The molecular formula is C21H14F3N3O3. The molecule has 0 saturated heterocycles. The molecule has 1 spiro atoms. The van der Waals surface area contributed by atoms with Crippen molar-refractivity contribution >= 4 is 6.40 Å². The summed E-state index contributed by atoms with van der Waals surface area (Å²) in [4.78, 5) is 12.6. The van der Waals surface area contributed by atoms with E-state index in [1.54, 1.807) is 18.5 Å². The third kappa shape index (κ3) is 3.12. The Labute approximate surface area is 169 Å². The Morgan fingerprint density at radius 2 is 1.70 bits per heavy atom. The first-order chi connectivity index (χ1) is 14.4. The summed E-state index contributed by atoms with van der Waals surface area (Å²) >= 11 is 0. The van der Waals surface area contributed by atoms with Gasteiger partial charge in [-0.25, -0.2) is 15.0 Å². The fourth-order valence-corrected chi connectivity index (χ4v) is 3.63. The van der Waals surface area contributed by atoms with Crippen molar-refractivity contribution in [3.05, 3.63) is 66.2 Å². The number of aliphatic imine (C=N–C) groups is 1. The Bertz CT molecular complexity index is 1140. The highest BCUT2D eigenvalue weighted by Crippen LogP contribution is 2.52. The van der Waals surface area contributed by atoms with Gasteiger partial charge in [-0.1, -0.05) is 6.07 Å². The minimum atomic E-state index is -4.43. The Kier molecular flexibility index (Phi) is 4.12. The van der Waals surface area contributed by atoms with Gasteiger partial charge in [-0.2, -0.15) is 13.2 Å². The Balaban J connectivity index is 1.60. The van der Waals surface area contributed by atoms with Crippen LogP contribution in [0.3, 0.4) is 0 Å². The first-order valence-electron chi connectivity index (χ1n) is 9.02. The number of fused-ring (bicyclic) bond motifs is 4. The quantitative estimate of drug-likeness (QED) is 0.633. The number of halogens is 3. The number of benzene rings is 2. The molecule has 9 heteroatoms. The second-order valence-electron chi connectivity index (χ2n) is 6.91. The van der Waals surface area contributed by atoms with Crippen molar-refractivity contribution in [3.63, 3.8) is 0 Å².